The van der Waals surface area contributed by atoms with E-state index in [1.807, 2.05) is 0 Å². The van der Waals surface area contributed by atoms with Crippen LogP contribution in [0.1, 0.15) is 12.8 Å². The van der Waals surface area contributed by atoms with Crippen molar-refractivity contribution in [2.24, 2.45) is 0 Å². The quantitative estimate of drug-likeness (QED) is 0.534. The van der Waals surface area contributed by atoms with Gasteiger partial charge in [-0.3, -0.25) is 0 Å². The van der Waals surface area contributed by atoms with Gasteiger partial charge in [0.1, 0.15) is 11.9 Å². The van der Waals surface area contributed by atoms with E-state index in [1.165, 1.54) is 0 Å². The summed E-state index contributed by atoms with van der Waals surface area (Å²) < 4.78 is 61.5. The van der Waals surface area contributed by atoms with Gasteiger partial charge in [-0.25, -0.2) is 0 Å². The van der Waals surface area contributed by atoms with Gasteiger partial charge in [-0.05, 0) is 12.5 Å². The molecule has 0 saturated heterocycles. The lowest BCUT2D eigenvalue weighted by molar-refractivity contribution is -0.264. The molecule has 0 fully saturated rings. The highest BCUT2D eigenvalue weighted by molar-refractivity contribution is 7.87. The summed E-state index contributed by atoms with van der Waals surface area (Å²) in [5.74, 6) is -0.420. The molecular formula is C8H9F3NO5S-. The van der Waals surface area contributed by atoms with Gasteiger partial charge in [0, 0.05) is 19.5 Å². The van der Waals surface area contributed by atoms with Gasteiger partial charge in [-0.15, -0.1) is 0 Å². The van der Waals surface area contributed by atoms with E-state index in [9.17, 15) is 31.5 Å². The van der Waals surface area contributed by atoms with Gasteiger partial charge in [0.25, 0.3) is 0 Å². The number of halogens is 3. The van der Waals surface area contributed by atoms with Crippen LogP contribution in [0.15, 0.2) is 11.8 Å². The van der Waals surface area contributed by atoms with E-state index in [0.29, 0.717) is 0 Å². The maximum Gasteiger partial charge on any atom is 0.534 e. The van der Waals surface area contributed by atoms with E-state index in [-0.39, 0.29) is 25.9 Å². The Kier molecular flexibility index (Phi) is 4.09. The predicted molar refractivity (Wildman–Crippen MR) is 50.3 cm³/mol. The first-order valence-corrected chi connectivity index (χ1v) is 6.20. The number of hydrogen-bond acceptors (Lipinski definition) is 5. The van der Waals surface area contributed by atoms with E-state index in [4.69, 9.17) is 0 Å². The molecule has 0 unspecified atom stereocenters. The first-order chi connectivity index (χ1) is 8.13. The molecule has 1 aliphatic heterocycles. The molecule has 0 saturated carbocycles. The third-order valence-corrected chi connectivity index (χ3v) is 3.15. The summed E-state index contributed by atoms with van der Waals surface area (Å²) in [6.07, 6.45) is -0.454. The average molecular weight is 288 g/mol. The normalized spacial score (nSPS) is 17.9. The van der Waals surface area contributed by atoms with Gasteiger partial charge >= 0.3 is 15.6 Å². The summed E-state index contributed by atoms with van der Waals surface area (Å²) in [7, 11) is -5.70. The topological polar surface area (TPSA) is 86.7 Å². The molecule has 1 aliphatic rings. The minimum Gasteiger partial charge on any atom is -0.530 e. The molecule has 6 nitrogen and oxygen atoms in total. The number of nitrogens with zero attached hydrogens (tertiary/aromatic N) is 1. The van der Waals surface area contributed by atoms with E-state index >= 15 is 0 Å². The van der Waals surface area contributed by atoms with Crippen LogP contribution in [0.5, 0.6) is 0 Å². The van der Waals surface area contributed by atoms with Crippen LogP contribution in [0.3, 0.4) is 0 Å². The molecule has 0 N–H and O–H groups in total. The summed E-state index contributed by atoms with van der Waals surface area (Å²) in [6, 6.07) is 0. The van der Waals surface area contributed by atoms with Gasteiger partial charge in [0.15, 0.2) is 0 Å². The molecule has 0 bridgehead atoms. The maximum atomic E-state index is 12.0. The first-order valence-electron chi connectivity index (χ1n) is 4.79. The number of carbonyl (C=O) groups is 1. The minimum atomic E-state index is -5.70. The van der Waals surface area contributed by atoms with Crippen molar-refractivity contribution in [3.05, 3.63) is 11.8 Å². The Morgan fingerprint density at radius 1 is 1.44 bits per heavy atom. The van der Waals surface area contributed by atoms with Crippen molar-refractivity contribution in [2.45, 2.75) is 18.3 Å². The lowest BCUT2D eigenvalue weighted by atomic mass is 10.3. The standard InChI is InChI=1S/C8H10F3NO5S/c9-8(10,11)18(15,16)17-6-2-1-4-12(5-3-6)7(13)14/h3H,1-2,4-5H2,(H,13,14)/p-1. The van der Waals surface area contributed by atoms with Gasteiger partial charge in [0.2, 0.25) is 0 Å². The fourth-order valence-electron chi connectivity index (χ4n) is 1.28. The summed E-state index contributed by atoms with van der Waals surface area (Å²) >= 11 is 0. The van der Waals surface area contributed by atoms with Crippen molar-refractivity contribution in [3.63, 3.8) is 0 Å². The number of amides is 1. The number of carboxylic acid groups (broad SMARTS) is 1. The molecule has 0 aromatic heterocycles. The monoisotopic (exact) mass is 288 g/mol. The number of alkyl halides is 3. The Morgan fingerprint density at radius 2 is 2.06 bits per heavy atom. The van der Waals surface area contributed by atoms with Crippen LogP contribution in [-0.4, -0.2) is 38.0 Å². The molecule has 0 aromatic carbocycles. The van der Waals surface area contributed by atoms with Crippen LogP contribution in [0, 0.1) is 0 Å². The molecule has 0 radical (unpaired) electrons. The zero-order valence-electron chi connectivity index (χ0n) is 8.94. The Bertz CT molecular complexity index is 456. The van der Waals surface area contributed by atoms with Crippen LogP contribution in [0.4, 0.5) is 18.0 Å². The van der Waals surface area contributed by atoms with Crippen molar-refractivity contribution < 1.29 is 35.7 Å². The lowest BCUT2D eigenvalue weighted by Crippen LogP contribution is -2.41. The van der Waals surface area contributed by atoms with Crippen LogP contribution < -0.4 is 5.11 Å². The van der Waals surface area contributed by atoms with E-state index in [1.54, 1.807) is 0 Å². The molecule has 0 aromatic rings. The van der Waals surface area contributed by atoms with E-state index in [0.717, 1.165) is 11.0 Å². The van der Waals surface area contributed by atoms with Gasteiger partial charge in [0.05, 0.1) is 0 Å². The van der Waals surface area contributed by atoms with Crippen LogP contribution in [0.2, 0.25) is 0 Å². The Hall–Kier alpha value is -1.45. The molecule has 0 atom stereocenters. The van der Waals surface area contributed by atoms with Gasteiger partial charge < -0.3 is 19.0 Å². The second kappa shape index (κ2) is 5.04. The average Bonchev–Trinajstić information content (AvgIpc) is 2.40. The molecule has 1 amide bonds. The van der Waals surface area contributed by atoms with Crippen molar-refractivity contribution >= 4 is 16.2 Å². The zero-order valence-corrected chi connectivity index (χ0v) is 9.75. The van der Waals surface area contributed by atoms with Crippen molar-refractivity contribution in [2.75, 3.05) is 13.1 Å². The number of rotatable bonds is 2. The van der Waals surface area contributed by atoms with E-state index in [2.05, 4.69) is 4.18 Å². The van der Waals surface area contributed by atoms with E-state index < -0.39 is 27.5 Å². The summed E-state index contributed by atoms with van der Waals surface area (Å²) in [5, 5.41) is 10.5. The summed E-state index contributed by atoms with van der Waals surface area (Å²) in [5.41, 5.74) is -5.51. The number of hydrogen-bond donors (Lipinski definition) is 0. The first kappa shape index (κ1) is 14.6. The maximum absolute atomic E-state index is 12.0. The Balaban J connectivity index is 2.77. The molecule has 0 aliphatic carbocycles. The molecule has 10 heteroatoms. The smallest absolute Gasteiger partial charge is 0.530 e. The molecule has 1 rings (SSSR count). The predicted octanol–water partition coefficient (Wildman–Crippen LogP) is 0.176. The highest BCUT2D eigenvalue weighted by Crippen LogP contribution is 2.28. The molecule has 104 valence electrons. The van der Waals surface area contributed by atoms with Gasteiger partial charge in [-0.1, -0.05) is 0 Å². The lowest BCUT2D eigenvalue weighted by Gasteiger charge is -2.21. The van der Waals surface area contributed by atoms with Crippen LogP contribution in [-0.2, 0) is 14.3 Å². The molecule has 0 spiro atoms. The van der Waals surface area contributed by atoms with Crippen molar-refractivity contribution in [1.82, 2.24) is 4.90 Å². The summed E-state index contributed by atoms with van der Waals surface area (Å²) in [6.45, 7) is -0.233. The summed E-state index contributed by atoms with van der Waals surface area (Å²) in [4.78, 5) is 11.3. The minimum absolute atomic E-state index is 0.0394. The third-order valence-electron chi connectivity index (χ3n) is 2.15. The number of allylic oxidation sites excluding steroid dienone is 1. The fourth-order valence-corrected chi connectivity index (χ4v) is 1.81. The van der Waals surface area contributed by atoms with Crippen LogP contribution in [0.25, 0.3) is 0 Å². The largest absolute Gasteiger partial charge is 0.534 e. The molecular weight excluding hydrogens is 279 g/mol. The number of carbonyl (C=O) groups excluding carboxylic acids is 1. The van der Waals surface area contributed by atoms with Crippen molar-refractivity contribution in [1.29, 1.82) is 0 Å². The zero-order chi connectivity index (χ0) is 14.0. The second-order valence-electron chi connectivity index (χ2n) is 3.47. The highest BCUT2D eigenvalue weighted by Gasteiger charge is 2.48. The SMILES string of the molecule is O=C([O-])N1CC=C(OS(=O)(=O)C(F)(F)F)CCC1. The Morgan fingerprint density at radius 3 is 2.56 bits per heavy atom. The van der Waals surface area contributed by atoms with Crippen LogP contribution >= 0.6 is 0 Å². The molecule has 1 heterocycles. The Labute approximate surface area is 101 Å². The fraction of sp³-hybridized carbons (Fsp3) is 0.625. The second-order valence-corrected chi connectivity index (χ2v) is 5.01. The van der Waals surface area contributed by atoms with Gasteiger partial charge in [-0.2, -0.15) is 21.6 Å². The third kappa shape index (κ3) is 3.52. The van der Waals surface area contributed by atoms with Crippen molar-refractivity contribution in [3.8, 4) is 0 Å². The highest BCUT2D eigenvalue weighted by atomic mass is 32.2. The molecule has 18 heavy (non-hydrogen) atoms.